The summed E-state index contributed by atoms with van der Waals surface area (Å²) in [6.07, 6.45) is 9.16. The fourth-order valence-corrected chi connectivity index (χ4v) is 6.34. The average molecular weight is 449 g/mol. The fourth-order valence-electron chi connectivity index (χ4n) is 6.34. The highest BCUT2D eigenvalue weighted by Gasteiger charge is 2.46. The van der Waals surface area contributed by atoms with Crippen LogP contribution in [0.5, 0.6) is 11.5 Å². The van der Waals surface area contributed by atoms with Crippen LogP contribution in [0.1, 0.15) is 73.3 Å². The maximum Gasteiger partial charge on any atom is 0.318 e. The number of nitrogens with zero attached hydrogens (tertiary/aromatic N) is 3. The molecule has 7 nitrogen and oxygen atoms in total. The SMILES string of the molecule is Cc1ncc2c(n1)CCC(NC(=O)N1CC3(CCCC3)c3cc4c(cc3C1C)OCCO4)C2. The van der Waals surface area contributed by atoms with Gasteiger partial charge in [0.2, 0.25) is 0 Å². The predicted molar refractivity (Wildman–Crippen MR) is 124 cm³/mol. The topological polar surface area (TPSA) is 76.6 Å². The van der Waals surface area contributed by atoms with Crippen LogP contribution in [0.25, 0.3) is 0 Å². The maximum absolute atomic E-state index is 13.6. The Labute approximate surface area is 194 Å². The lowest BCUT2D eigenvalue weighted by Crippen LogP contribution is -2.54. The second kappa shape index (κ2) is 7.89. The van der Waals surface area contributed by atoms with Gasteiger partial charge >= 0.3 is 6.03 Å². The molecule has 174 valence electrons. The van der Waals surface area contributed by atoms with Gasteiger partial charge in [-0.3, -0.25) is 0 Å². The van der Waals surface area contributed by atoms with Gasteiger partial charge in [-0.1, -0.05) is 12.8 Å². The third-order valence-corrected chi connectivity index (χ3v) is 8.10. The van der Waals surface area contributed by atoms with Crippen LogP contribution in [0.4, 0.5) is 4.79 Å². The first-order valence-electron chi connectivity index (χ1n) is 12.3. The molecule has 2 aliphatic heterocycles. The quantitative estimate of drug-likeness (QED) is 0.713. The van der Waals surface area contributed by atoms with Gasteiger partial charge in [0.05, 0.1) is 6.04 Å². The van der Waals surface area contributed by atoms with Crippen LogP contribution < -0.4 is 14.8 Å². The lowest BCUT2D eigenvalue weighted by atomic mass is 9.71. The van der Waals surface area contributed by atoms with E-state index in [-0.39, 0.29) is 23.5 Å². The van der Waals surface area contributed by atoms with E-state index in [2.05, 4.69) is 39.2 Å². The van der Waals surface area contributed by atoms with Crippen molar-refractivity contribution in [2.45, 2.75) is 76.3 Å². The molecule has 7 heteroatoms. The number of hydrogen-bond donors (Lipinski definition) is 1. The van der Waals surface area contributed by atoms with Gasteiger partial charge in [-0.15, -0.1) is 0 Å². The van der Waals surface area contributed by atoms with Crippen LogP contribution in [-0.2, 0) is 18.3 Å². The Morgan fingerprint density at radius 1 is 1.18 bits per heavy atom. The number of carbonyl (C=O) groups is 1. The minimum absolute atomic E-state index is 0.0103. The molecule has 1 saturated carbocycles. The number of amides is 2. The number of benzene rings is 1. The maximum atomic E-state index is 13.6. The Bertz CT molecular complexity index is 1100. The molecule has 2 amide bonds. The fraction of sp³-hybridized carbons (Fsp3) is 0.577. The molecule has 0 saturated heterocycles. The van der Waals surface area contributed by atoms with Crippen molar-refractivity contribution >= 4 is 6.03 Å². The number of hydrogen-bond acceptors (Lipinski definition) is 5. The van der Waals surface area contributed by atoms with E-state index in [0.717, 1.165) is 67.2 Å². The minimum Gasteiger partial charge on any atom is -0.486 e. The molecule has 2 atom stereocenters. The van der Waals surface area contributed by atoms with Crippen molar-refractivity contribution < 1.29 is 14.3 Å². The monoisotopic (exact) mass is 448 g/mol. The first-order chi connectivity index (χ1) is 16.0. The summed E-state index contributed by atoms with van der Waals surface area (Å²) in [7, 11) is 0. The van der Waals surface area contributed by atoms with Gasteiger partial charge in [-0.25, -0.2) is 14.8 Å². The summed E-state index contributed by atoms with van der Waals surface area (Å²) < 4.78 is 11.8. The van der Waals surface area contributed by atoms with E-state index in [0.29, 0.717) is 13.2 Å². The second-order valence-electron chi connectivity index (χ2n) is 10.2. The van der Waals surface area contributed by atoms with Crippen molar-refractivity contribution in [1.82, 2.24) is 20.2 Å². The van der Waals surface area contributed by atoms with E-state index >= 15 is 0 Å². The van der Waals surface area contributed by atoms with Crippen LogP contribution in [0.3, 0.4) is 0 Å². The summed E-state index contributed by atoms with van der Waals surface area (Å²) in [6, 6.07) is 4.48. The van der Waals surface area contributed by atoms with Crippen molar-refractivity contribution in [3.8, 4) is 11.5 Å². The van der Waals surface area contributed by atoms with Gasteiger partial charge in [0.25, 0.3) is 0 Å². The first kappa shape index (κ1) is 20.8. The first-order valence-corrected chi connectivity index (χ1v) is 12.3. The van der Waals surface area contributed by atoms with Crippen molar-refractivity contribution in [3.63, 3.8) is 0 Å². The van der Waals surface area contributed by atoms with E-state index in [1.807, 2.05) is 13.1 Å². The Hall–Kier alpha value is -2.83. The van der Waals surface area contributed by atoms with Crippen LogP contribution in [-0.4, -0.2) is 46.7 Å². The van der Waals surface area contributed by atoms with Crippen molar-refractivity contribution in [1.29, 1.82) is 0 Å². The van der Waals surface area contributed by atoms with Crippen molar-refractivity contribution in [3.05, 3.63) is 46.5 Å². The molecule has 6 rings (SSSR count). The molecule has 1 fully saturated rings. The molecule has 4 aliphatic rings. The summed E-state index contributed by atoms with van der Waals surface area (Å²) in [4.78, 5) is 24.6. The van der Waals surface area contributed by atoms with E-state index in [4.69, 9.17) is 9.47 Å². The molecule has 1 N–H and O–H groups in total. The average Bonchev–Trinajstić information content (AvgIpc) is 3.30. The van der Waals surface area contributed by atoms with Gasteiger partial charge in [-0.05, 0) is 74.8 Å². The zero-order valence-corrected chi connectivity index (χ0v) is 19.5. The largest absolute Gasteiger partial charge is 0.486 e. The summed E-state index contributed by atoms with van der Waals surface area (Å²) in [5.41, 5.74) is 4.87. The standard InChI is InChI=1S/C26H32N4O3/c1-16-20-12-23-24(33-10-9-32-23)13-21(20)26(7-3-4-8-26)15-30(16)25(31)29-19-5-6-22-18(11-19)14-27-17(2)28-22/h12-14,16,19H,3-11,15H2,1-2H3,(H,29,31). The smallest absolute Gasteiger partial charge is 0.318 e. The minimum atomic E-state index is -0.0103. The summed E-state index contributed by atoms with van der Waals surface area (Å²) >= 11 is 0. The van der Waals surface area contributed by atoms with Crippen molar-refractivity contribution in [2.75, 3.05) is 19.8 Å². The molecule has 33 heavy (non-hydrogen) atoms. The van der Waals surface area contributed by atoms with Crippen LogP contribution in [0, 0.1) is 6.92 Å². The van der Waals surface area contributed by atoms with Gasteiger partial charge in [0.15, 0.2) is 11.5 Å². The molecule has 0 bridgehead atoms. The number of carbonyl (C=O) groups excluding carboxylic acids is 1. The third-order valence-electron chi connectivity index (χ3n) is 8.10. The van der Waals surface area contributed by atoms with Crippen LogP contribution in [0.15, 0.2) is 18.3 Å². The molecule has 2 unspecified atom stereocenters. The van der Waals surface area contributed by atoms with Crippen LogP contribution in [0.2, 0.25) is 0 Å². The highest BCUT2D eigenvalue weighted by atomic mass is 16.6. The summed E-state index contributed by atoms with van der Waals surface area (Å²) in [6.45, 7) is 6.00. The van der Waals surface area contributed by atoms with E-state index < -0.39 is 0 Å². The molecule has 2 aromatic rings. The number of rotatable bonds is 1. The number of urea groups is 1. The Balaban J connectivity index is 1.27. The number of ether oxygens (including phenoxy) is 2. The zero-order chi connectivity index (χ0) is 22.6. The van der Waals surface area contributed by atoms with E-state index in [9.17, 15) is 4.79 Å². The van der Waals surface area contributed by atoms with Crippen LogP contribution >= 0.6 is 0 Å². The molecule has 0 radical (unpaired) electrons. The van der Waals surface area contributed by atoms with Gasteiger partial charge in [-0.2, -0.15) is 0 Å². The van der Waals surface area contributed by atoms with Crippen molar-refractivity contribution in [2.24, 2.45) is 0 Å². The number of aromatic nitrogens is 2. The molecular formula is C26H32N4O3. The highest BCUT2D eigenvalue weighted by Crippen LogP contribution is 2.51. The lowest BCUT2D eigenvalue weighted by molar-refractivity contribution is 0.137. The molecule has 1 aromatic heterocycles. The Kier molecular flexibility index (Phi) is 4.96. The number of fused-ring (bicyclic) bond motifs is 4. The summed E-state index contributed by atoms with van der Waals surface area (Å²) in [5.74, 6) is 2.48. The normalized spacial score (nSPS) is 24.8. The third kappa shape index (κ3) is 3.52. The Morgan fingerprint density at radius 2 is 1.94 bits per heavy atom. The second-order valence-corrected chi connectivity index (χ2v) is 10.2. The molecule has 1 aromatic carbocycles. The Morgan fingerprint density at radius 3 is 2.73 bits per heavy atom. The lowest BCUT2D eigenvalue weighted by Gasteiger charge is -2.46. The molecular weight excluding hydrogens is 416 g/mol. The van der Waals surface area contributed by atoms with E-state index in [1.165, 1.54) is 24.0 Å². The number of nitrogens with one attached hydrogen (secondary N) is 1. The zero-order valence-electron chi connectivity index (χ0n) is 19.5. The van der Waals surface area contributed by atoms with Gasteiger partial charge in [0, 0.05) is 29.9 Å². The van der Waals surface area contributed by atoms with Gasteiger partial charge < -0.3 is 19.7 Å². The highest BCUT2D eigenvalue weighted by molar-refractivity contribution is 5.76. The van der Waals surface area contributed by atoms with E-state index in [1.54, 1.807) is 0 Å². The number of aryl methyl sites for hydroxylation is 2. The molecule has 3 heterocycles. The summed E-state index contributed by atoms with van der Waals surface area (Å²) in [5, 5.41) is 3.35. The molecule has 1 spiro atoms. The predicted octanol–water partition coefficient (Wildman–Crippen LogP) is 4.01. The molecule has 2 aliphatic carbocycles. The van der Waals surface area contributed by atoms with Gasteiger partial charge in [0.1, 0.15) is 19.0 Å².